The second-order valence-corrected chi connectivity index (χ2v) is 4.10. The van der Waals surface area contributed by atoms with E-state index in [2.05, 4.69) is 11.9 Å². The van der Waals surface area contributed by atoms with E-state index in [9.17, 15) is 4.79 Å². The first-order chi connectivity index (χ1) is 7.27. The molecule has 15 heavy (non-hydrogen) atoms. The third kappa shape index (κ3) is 3.97. The molecule has 0 saturated carbocycles. The normalized spacial score (nSPS) is 10.3. The monoisotopic (exact) mass is 228 g/mol. The zero-order valence-electron chi connectivity index (χ0n) is 8.86. The molecule has 1 aromatic rings. The third-order valence-electron chi connectivity index (χ3n) is 1.85. The van der Waals surface area contributed by atoms with E-state index in [1.165, 1.54) is 11.3 Å². The van der Waals surface area contributed by atoms with Gasteiger partial charge in [-0.15, -0.1) is 11.3 Å². The van der Waals surface area contributed by atoms with Gasteiger partial charge in [-0.25, -0.2) is 9.78 Å². The minimum Gasteiger partial charge on any atom is -0.461 e. The average molecular weight is 228 g/mol. The number of esters is 1. The van der Waals surface area contributed by atoms with E-state index >= 15 is 0 Å². The van der Waals surface area contributed by atoms with Crippen molar-refractivity contribution >= 4 is 17.3 Å². The highest BCUT2D eigenvalue weighted by Crippen LogP contribution is 2.11. The lowest BCUT2D eigenvalue weighted by Gasteiger charge is -2.00. The standard InChI is InChI=1S/C10H16N2O2S/c1-2-3-6-14-10(13)8-7-15-9(12-8)4-5-11/h7H,2-6,11H2,1H3. The molecule has 1 aromatic heterocycles. The van der Waals surface area contributed by atoms with Gasteiger partial charge in [0.15, 0.2) is 5.69 Å². The van der Waals surface area contributed by atoms with Gasteiger partial charge in [-0.2, -0.15) is 0 Å². The van der Waals surface area contributed by atoms with Crippen LogP contribution in [-0.4, -0.2) is 24.1 Å². The van der Waals surface area contributed by atoms with Crippen molar-refractivity contribution in [2.45, 2.75) is 26.2 Å². The van der Waals surface area contributed by atoms with Crippen LogP contribution in [0.15, 0.2) is 5.38 Å². The number of carbonyl (C=O) groups excluding carboxylic acids is 1. The molecule has 4 nitrogen and oxygen atoms in total. The lowest BCUT2D eigenvalue weighted by Crippen LogP contribution is -2.07. The van der Waals surface area contributed by atoms with E-state index in [0.717, 1.165) is 17.8 Å². The number of unbranched alkanes of at least 4 members (excludes halogenated alkanes) is 1. The number of hydrogen-bond acceptors (Lipinski definition) is 5. The Kier molecular flexibility index (Phi) is 5.28. The molecule has 0 atom stereocenters. The fourth-order valence-electron chi connectivity index (χ4n) is 1.03. The van der Waals surface area contributed by atoms with Crippen LogP contribution in [0, 0.1) is 0 Å². The van der Waals surface area contributed by atoms with Crippen molar-refractivity contribution in [2.24, 2.45) is 5.73 Å². The Morgan fingerprint density at radius 2 is 2.47 bits per heavy atom. The van der Waals surface area contributed by atoms with Gasteiger partial charge >= 0.3 is 5.97 Å². The number of carbonyl (C=O) groups is 1. The molecule has 0 radical (unpaired) electrons. The molecular weight excluding hydrogens is 212 g/mol. The fourth-order valence-corrected chi connectivity index (χ4v) is 1.81. The van der Waals surface area contributed by atoms with Crippen LogP contribution in [0.3, 0.4) is 0 Å². The maximum absolute atomic E-state index is 11.4. The Morgan fingerprint density at radius 1 is 1.67 bits per heavy atom. The molecule has 5 heteroatoms. The predicted molar refractivity (Wildman–Crippen MR) is 60.1 cm³/mol. The summed E-state index contributed by atoms with van der Waals surface area (Å²) in [6.45, 7) is 3.08. The molecule has 0 unspecified atom stereocenters. The van der Waals surface area contributed by atoms with Crippen molar-refractivity contribution in [3.05, 3.63) is 16.1 Å². The van der Waals surface area contributed by atoms with Gasteiger partial charge in [0.1, 0.15) is 0 Å². The van der Waals surface area contributed by atoms with Crippen molar-refractivity contribution in [3.63, 3.8) is 0 Å². The predicted octanol–water partition coefficient (Wildman–Crippen LogP) is 1.60. The highest BCUT2D eigenvalue weighted by atomic mass is 32.1. The van der Waals surface area contributed by atoms with Gasteiger partial charge in [-0.05, 0) is 13.0 Å². The molecule has 0 aliphatic rings. The number of rotatable bonds is 6. The molecule has 0 aliphatic carbocycles. The van der Waals surface area contributed by atoms with Crippen LogP contribution in [0.2, 0.25) is 0 Å². The summed E-state index contributed by atoms with van der Waals surface area (Å²) in [5.41, 5.74) is 5.80. The van der Waals surface area contributed by atoms with Crippen molar-refractivity contribution < 1.29 is 9.53 Å². The first-order valence-corrected chi connectivity index (χ1v) is 5.97. The van der Waals surface area contributed by atoms with Gasteiger partial charge in [-0.1, -0.05) is 13.3 Å². The summed E-state index contributed by atoms with van der Waals surface area (Å²) in [7, 11) is 0. The first kappa shape index (κ1) is 12.1. The summed E-state index contributed by atoms with van der Waals surface area (Å²) in [5, 5.41) is 2.61. The van der Waals surface area contributed by atoms with Crippen molar-refractivity contribution in [1.29, 1.82) is 0 Å². The van der Waals surface area contributed by atoms with Crippen LogP contribution in [0.25, 0.3) is 0 Å². The zero-order valence-corrected chi connectivity index (χ0v) is 9.68. The lowest BCUT2D eigenvalue weighted by atomic mass is 10.4. The molecule has 84 valence electrons. The second-order valence-electron chi connectivity index (χ2n) is 3.15. The number of hydrogen-bond donors (Lipinski definition) is 1. The van der Waals surface area contributed by atoms with Crippen molar-refractivity contribution in [3.8, 4) is 0 Å². The molecule has 0 saturated heterocycles. The van der Waals surface area contributed by atoms with Gasteiger partial charge in [-0.3, -0.25) is 0 Å². The van der Waals surface area contributed by atoms with E-state index in [1.807, 2.05) is 0 Å². The maximum Gasteiger partial charge on any atom is 0.357 e. The lowest BCUT2D eigenvalue weighted by molar-refractivity contribution is 0.0493. The van der Waals surface area contributed by atoms with E-state index in [-0.39, 0.29) is 5.97 Å². The summed E-state index contributed by atoms with van der Waals surface area (Å²) in [6.07, 6.45) is 2.63. The van der Waals surface area contributed by atoms with Crippen LogP contribution >= 0.6 is 11.3 Å². The molecule has 2 N–H and O–H groups in total. The van der Waals surface area contributed by atoms with Gasteiger partial charge in [0.2, 0.25) is 0 Å². The van der Waals surface area contributed by atoms with E-state index in [4.69, 9.17) is 10.5 Å². The molecule has 0 spiro atoms. The Bertz CT molecular complexity index is 312. The first-order valence-electron chi connectivity index (χ1n) is 5.09. The Labute approximate surface area is 93.5 Å². The third-order valence-corrected chi connectivity index (χ3v) is 2.76. The minimum absolute atomic E-state index is 0.331. The van der Waals surface area contributed by atoms with Gasteiger partial charge < -0.3 is 10.5 Å². The summed E-state index contributed by atoms with van der Waals surface area (Å²) in [4.78, 5) is 15.6. The average Bonchev–Trinajstić information content (AvgIpc) is 2.67. The number of aromatic nitrogens is 1. The molecule has 0 aliphatic heterocycles. The summed E-state index contributed by atoms with van der Waals surface area (Å²) < 4.78 is 5.03. The van der Waals surface area contributed by atoms with Crippen molar-refractivity contribution in [2.75, 3.05) is 13.2 Å². The quantitative estimate of drug-likeness (QED) is 0.593. The number of ether oxygens (including phenoxy) is 1. The van der Waals surface area contributed by atoms with Crippen LogP contribution in [0.5, 0.6) is 0 Å². The highest BCUT2D eigenvalue weighted by molar-refractivity contribution is 7.09. The largest absolute Gasteiger partial charge is 0.461 e. The Morgan fingerprint density at radius 3 is 3.13 bits per heavy atom. The molecular formula is C10H16N2O2S. The van der Waals surface area contributed by atoms with Crippen LogP contribution in [0.4, 0.5) is 0 Å². The molecule has 0 fully saturated rings. The molecule has 0 amide bonds. The van der Waals surface area contributed by atoms with Gasteiger partial charge in [0.25, 0.3) is 0 Å². The SMILES string of the molecule is CCCCOC(=O)c1csc(CCN)n1. The van der Waals surface area contributed by atoms with E-state index < -0.39 is 0 Å². The Balaban J connectivity index is 2.43. The minimum atomic E-state index is -0.331. The van der Waals surface area contributed by atoms with Crippen LogP contribution in [0.1, 0.15) is 35.3 Å². The molecule has 0 aromatic carbocycles. The number of nitrogens with zero attached hydrogens (tertiary/aromatic N) is 1. The molecule has 1 heterocycles. The molecule has 1 rings (SSSR count). The fraction of sp³-hybridized carbons (Fsp3) is 0.600. The molecule has 0 bridgehead atoms. The summed E-state index contributed by atoms with van der Waals surface area (Å²) in [5.74, 6) is -0.331. The topological polar surface area (TPSA) is 65.2 Å². The number of nitrogens with two attached hydrogens (primary N) is 1. The second kappa shape index (κ2) is 6.53. The summed E-state index contributed by atoms with van der Waals surface area (Å²) >= 11 is 1.45. The van der Waals surface area contributed by atoms with Crippen molar-refractivity contribution in [1.82, 2.24) is 4.98 Å². The van der Waals surface area contributed by atoms with E-state index in [0.29, 0.717) is 25.3 Å². The smallest absolute Gasteiger partial charge is 0.357 e. The van der Waals surface area contributed by atoms with Gasteiger partial charge in [0, 0.05) is 11.8 Å². The van der Waals surface area contributed by atoms with Crippen LogP contribution in [-0.2, 0) is 11.2 Å². The number of thiazole rings is 1. The summed E-state index contributed by atoms with van der Waals surface area (Å²) in [6, 6.07) is 0. The van der Waals surface area contributed by atoms with E-state index in [1.54, 1.807) is 5.38 Å². The zero-order chi connectivity index (χ0) is 11.1. The Hall–Kier alpha value is -0.940. The maximum atomic E-state index is 11.4. The van der Waals surface area contributed by atoms with Crippen LogP contribution < -0.4 is 5.73 Å². The highest BCUT2D eigenvalue weighted by Gasteiger charge is 2.11. The van der Waals surface area contributed by atoms with Gasteiger partial charge in [0.05, 0.1) is 11.6 Å².